The Morgan fingerprint density at radius 2 is 1.86 bits per heavy atom. The van der Waals surface area contributed by atoms with Crippen molar-refractivity contribution in [2.45, 2.75) is 12.8 Å². The molecule has 0 aromatic heterocycles. The van der Waals surface area contributed by atoms with Gasteiger partial charge in [-0.15, -0.1) is 0 Å². The average Bonchev–Trinajstić information content (AvgIpc) is 2.84. The highest BCUT2D eigenvalue weighted by Crippen LogP contribution is 2.29. The molecule has 0 saturated carbocycles. The summed E-state index contributed by atoms with van der Waals surface area (Å²) in [7, 11) is 3.02. The van der Waals surface area contributed by atoms with E-state index in [4.69, 9.17) is 9.47 Å². The monoisotopic (exact) mass is 307 g/mol. The van der Waals surface area contributed by atoms with Crippen LogP contribution in [0.4, 0.5) is 5.69 Å². The number of amides is 3. The maximum absolute atomic E-state index is 11.9. The summed E-state index contributed by atoms with van der Waals surface area (Å²) < 4.78 is 10.3. The topological polar surface area (TPSA) is 106 Å². The Balaban J connectivity index is 1.94. The van der Waals surface area contributed by atoms with Gasteiger partial charge in [0.05, 0.1) is 19.9 Å². The Bertz CT molecular complexity index is 586. The lowest BCUT2D eigenvalue weighted by Crippen LogP contribution is -2.28. The fourth-order valence-corrected chi connectivity index (χ4v) is 2.07. The zero-order valence-electron chi connectivity index (χ0n) is 12.3. The molecule has 0 spiro atoms. The van der Waals surface area contributed by atoms with Gasteiger partial charge in [-0.3, -0.25) is 25.2 Å². The fourth-order valence-electron chi connectivity index (χ4n) is 2.07. The summed E-state index contributed by atoms with van der Waals surface area (Å²) in [5, 5.41) is 2.68. The Hall–Kier alpha value is -2.77. The molecule has 1 aromatic carbocycles. The highest BCUT2D eigenvalue weighted by atomic mass is 16.5. The number of ether oxygens (including phenoxy) is 2. The number of carbonyl (C=O) groups excluding carboxylic acids is 3. The van der Waals surface area contributed by atoms with Gasteiger partial charge in [-0.25, -0.2) is 0 Å². The summed E-state index contributed by atoms with van der Waals surface area (Å²) in [5.74, 6) is -0.905. The predicted molar refractivity (Wildman–Crippen MR) is 77.2 cm³/mol. The van der Waals surface area contributed by atoms with Crippen LogP contribution < -0.4 is 25.6 Å². The third kappa shape index (κ3) is 3.46. The third-order valence-corrected chi connectivity index (χ3v) is 3.28. The van der Waals surface area contributed by atoms with Crippen molar-refractivity contribution in [3.8, 4) is 11.5 Å². The number of rotatable bonds is 6. The highest BCUT2D eigenvalue weighted by Gasteiger charge is 2.32. The molecule has 3 N–H and O–H groups in total. The van der Waals surface area contributed by atoms with Gasteiger partial charge in [0.15, 0.2) is 0 Å². The van der Waals surface area contributed by atoms with Crippen LogP contribution in [0.25, 0.3) is 0 Å². The summed E-state index contributed by atoms with van der Waals surface area (Å²) in [6.45, 7) is 0. The van der Waals surface area contributed by atoms with Gasteiger partial charge in [0.2, 0.25) is 5.91 Å². The van der Waals surface area contributed by atoms with Crippen molar-refractivity contribution in [2.75, 3.05) is 19.5 Å². The van der Waals surface area contributed by atoms with E-state index in [1.54, 1.807) is 18.2 Å². The van der Waals surface area contributed by atoms with Gasteiger partial charge in [0, 0.05) is 12.5 Å². The molecule has 118 valence electrons. The summed E-state index contributed by atoms with van der Waals surface area (Å²) in [6.07, 6.45) is 0.183. The summed E-state index contributed by atoms with van der Waals surface area (Å²) in [4.78, 5) is 34.7. The molecule has 8 heteroatoms. The zero-order chi connectivity index (χ0) is 16.1. The van der Waals surface area contributed by atoms with E-state index in [0.717, 1.165) is 0 Å². The van der Waals surface area contributed by atoms with E-state index in [-0.39, 0.29) is 18.7 Å². The Morgan fingerprint density at radius 1 is 1.18 bits per heavy atom. The number of hydrogen-bond donors (Lipinski definition) is 3. The van der Waals surface area contributed by atoms with Gasteiger partial charge in [-0.2, -0.15) is 0 Å². The van der Waals surface area contributed by atoms with E-state index in [1.165, 1.54) is 14.2 Å². The molecule has 1 fully saturated rings. The molecule has 0 bridgehead atoms. The third-order valence-electron chi connectivity index (χ3n) is 3.28. The molecule has 0 aliphatic carbocycles. The van der Waals surface area contributed by atoms with Crippen molar-refractivity contribution in [1.29, 1.82) is 0 Å². The van der Waals surface area contributed by atoms with Crippen molar-refractivity contribution >= 4 is 23.4 Å². The van der Waals surface area contributed by atoms with Crippen LogP contribution in [-0.4, -0.2) is 31.9 Å². The Labute approximate surface area is 127 Å². The minimum Gasteiger partial charge on any atom is -0.497 e. The number of hydrazine groups is 1. The Kier molecular flexibility index (Phi) is 4.82. The minimum atomic E-state index is -0.830. The maximum atomic E-state index is 11.9. The molecule has 0 atom stereocenters. The van der Waals surface area contributed by atoms with E-state index in [9.17, 15) is 14.4 Å². The number of carbonyl (C=O) groups is 3. The van der Waals surface area contributed by atoms with Crippen molar-refractivity contribution in [1.82, 2.24) is 10.9 Å². The molecule has 0 radical (unpaired) electrons. The standard InChI is InChI=1S/C14H17N3O5/c1-21-8-3-5-10(11(7-8)22-2)15-12(18)6-4-9-13(19)16-17-14(9)20/h3,5,7,9H,4,6H2,1-2H3,(H,15,18)(H,16,19)(H,17,20). The van der Waals surface area contributed by atoms with Gasteiger partial charge >= 0.3 is 0 Å². The SMILES string of the molecule is COc1ccc(NC(=O)CCC2C(=O)NNC2=O)c(OC)c1. The van der Waals surface area contributed by atoms with Crippen molar-refractivity contribution in [2.24, 2.45) is 5.92 Å². The van der Waals surface area contributed by atoms with Crippen molar-refractivity contribution in [3.63, 3.8) is 0 Å². The van der Waals surface area contributed by atoms with Crippen molar-refractivity contribution in [3.05, 3.63) is 18.2 Å². The van der Waals surface area contributed by atoms with E-state index < -0.39 is 17.7 Å². The molecular weight excluding hydrogens is 290 g/mol. The van der Waals surface area contributed by atoms with Crippen LogP contribution in [0.5, 0.6) is 11.5 Å². The Morgan fingerprint density at radius 3 is 2.45 bits per heavy atom. The van der Waals surface area contributed by atoms with Gasteiger partial charge in [0.25, 0.3) is 11.8 Å². The van der Waals surface area contributed by atoms with Crippen LogP contribution in [0.1, 0.15) is 12.8 Å². The fraction of sp³-hybridized carbons (Fsp3) is 0.357. The highest BCUT2D eigenvalue weighted by molar-refractivity contribution is 6.05. The number of hydrogen-bond acceptors (Lipinski definition) is 5. The second-order valence-electron chi connectivity index (χ2n) is 4.68. The molecule has 3 amide bonds. The van der Waals surface area contributed by atoms with E-state index in [2.05, 4.69) is 16.2 Å². The van der Waals surface area contributed by atoms with Crippen LogP contribution in [0.2, 0.25) is 0 Å². The van der Waals surface area contributed by atoms with Gasteiger partial charge < -0.3 is 14.8 Å². The van der Waals surface area contributed by atoms with Gasteiger partial charge in [0.1, 0.15) is 17.4 Å². The quantitative estimate of drug-likeness (QED) is 0.651. The first-order chi connectivity index (χ1) is 10.5. The molecule has 1 heterocycles. The molecular formula is C14H17N3O5. The summed E-state index contributed by atoms with van der Waals surface area (Å²) in [5.41, 5.74) is 4.93. The lowest BCUT2D eigenvalue weighted by molar-refractivity contribution is -0.128. The van der Waals surface area contributed by atoms with Crippen LogP contribution in [0.15, 0.2) is 18.2 Å². The molecule has 22 heavy (non-hydrogen) atoms. The number of anilines is 1. The molecule has 1 aliphatic rings. The van der Waals surface area contributed by atoms with Crippen LogP contribution in [0.3, 0.4) is 0 Å². The molecule has 0 unspecified atom stereocenters. The predicted octanol–water partition coefficient (Wildman–Crippen LogP) is 0.200. The zero-order valence-corrected chi connectivity index (χ0v) is 12.3. The van der Waals surface area contributed by atoms with Crippen LogP contribution in [-0.2, 0) is 14.4 Å². The first-order valence-electron chi connectivity index (χ1n) is 6.66. The molecule has 1 saturated heterocycles. The first-order valence-corrected chi connectivity index (χ1v) is 6.66. The first kappa shape index (κ1) is 15.6. The second kappa shape index (κ2) is 6.79. The molecule has 1 aromatic rings. The number of benzene rings is 1. The largest absolute Gasteiger partial charge is 0.497 e. The smallest absolute Gasteiger partial charge is 0.251 e. The van der Waals surface area contributed by atoms with E-state index >= 15 is 0 Å². The average molecular weight is 307 g/mol. The molecule has 2 rings (SSSR count). The van der Waals surface area contributed by atoms with Crippen LogP contribution in [0, 0.1) is 5.92 Å². The molecule has 1 aliphatic heterocycles. The maximum Gasteiger partial charge on any atom is 0.251 e. The molecule has 8 nitrogen and oxygen atoms in total. The van der Waals surface area contributed by atoms with Gasteiger partial charge in [-0.05, 0) is 18.6 Å². The van der Waals surface area contributed by atoms with Gasteiger partial charge in [-0.1, -0.05) is 0 Å². The second-order valence-corrected chi connectivity index (χ2v) is 4.68. The van der Waals surface area contributed by atoms with E-state index in [1.807, 2.05) is 0 Å². The van der Waals surface area contributed by atoms with Crippen LogP contribution >= 0.6 is 0 Å². The summed E-state index contributed by atoms with van der Waals surface area (Å²) in [6, 6.07) is 4.99. The normalized spacial score (nSPS) is 14.3. The lowest BCUT2D eigenvalue weighted by Gasteiger charge is -2.12. The van der Waals surface area contributed by atoms with Crippen molar-refractivity contribution < 1.29 is 23.9 Å². The summed E-state index contributed by atoms with van der Waals surface area (Å²) >= 11 is 0. The van der Waals surface area contributed by atoms with E-state index in [0.29, 0.717) is 17.2 Å². The lowest BCUT2D eigenvalue weighted by atomic mass is 10.0. The number of methoxy groups -OCH3 is 2. The minimum absolute atomic E-state index is 0.0424. The number of nitrogens with one attached hydrogen (secondary N) is 3.